The van der Waals surface area contributed by atoms with Crippen LogP contribution in [-0.4, -0.2) is 13.1 Å². The number of ether oxygens (including phenoxy) is 1. The zero-order valence-corrected chi connectivity index (χ0v) is 13.0. The van der Waals surface area contributed by atoms with E-state index in [0.717, 1.165) is 27.7 Å². The quantitative estimate of drug-likeness (QED) is 0.507. The van der Waals surface area contributed by atoms with Crippen LogP contribution in [0.5, 0.6) is 0 Å². The van der Waals surface area contributed by atoms with Gasteiger partial charge in [0.2, 0.25) is 0 Å². The minimum absolute atomic E-state index is 0.334. The van der Waals surface area contributed by atoms with Crippen LogP contribution in [0.3, 0.4) is 0 Å². The molecule has 3 aromatic rings. The maximum atomic E-state index is 11.9. The Morgan fingerprint density at radius 2 is 2.05 bits per heavy atom. The van der Waals surface area contributed by atoms with E-state index in [4.69, 9.17) is 9.15 Å². The molecule has 106 valence electrons. The number of carbonyl (C=O) groups is 1. The zero-order chi connectivity index (χ0) is 14.8. The summed E-state index contributed by atoms with van der Waals surface area (Å²) in [7, 11) is 1.39. The number of para-hydroxylation sites is 1. The number of fused-ring (bicyclic) bond motifs is 1. The molecule has 2 aromatic carbocycles. The Morgan fingerprint density at radius 3 is 2.81 bits per heavy atom. The second kappa shape index (κ2) is 5.74. The number of esters is 1. The van der Waals surface area contributed by atoms with Crippen LogP contribution in [0, 0.1) is 0 Å². The summed E-state index contributed by atoms with van der Waals surface area (Å²) in [5, 5.41) is 1.63. The van der Waals surface area contributed by atoms with Crippen molar-refractivity contribution < 1.29 is 13.9 Å². The van der Waals surface area contributed by atoms with Gasteiger partial charge in [-0.1, -0.05) is 46.3 Å². The van der Waals surface area contributed by atoms with Crippen molar-refractivity contribution in [3.8, 4) is 11.1 Å². The first kappa shape index (κ1) is 13.9. The second-order valence-corrected chi connectivity index (χ2v) is 5.20. The maximum absolute atomic E-state index is 11.9. The standard InChI is InChI=1S/C17H13BrO3/c1-20-17(19)14-8-11(6-7-12(14)9-18)15-10-21-16-5-3-2-4-13(15)16/h2-8,10H,9H2,1H3. The van der Waals surface area contributed by atoms with Crippen molar-refractivity contribution >= 4 is 32.9 Å². The molecule has 0 saturated heterocycles. The fourth-order valence-corrected chi connectivity index (χ4v) is 2.85. The first-order valence-corrected chi connectivity index (χ1v) is 7.60. The van der Waals surface area contributed by atoms with Crippen molar-refractivity contribution in [3.63, 3.8) is 0 Å². The molecule has 0 aliphatic carbocycles. The van der Waals surface area contributed by atoms with Gasteiger partial charge in [0.05, 0.1) is 18.9 Å². The zero-order valence-electron chi connectivity index (χ0n) is 11.4. The lowest BCUT2D eigenvalue weighted by molar-refractivity contribution is 0.0600. The van der Waals surface area contributed by atoms with E-state index >= 15 is 0 Å². The van der Waals surface area contributed by atoms with E-state index in [0.29, 0.717) is 10.9 Å². The smallest absolute Gasteiger partial charge is 0.338 e. The minimum atomic E-state index is -0.334. The third-order valence-electron chi connectivity index (χ3n) is 3.45. The summed E-state index contributed by atoms with van der Waals surface area (Å²) >= 11 is 3.39. The van der Waals surface area contributed by atoms with Gasteiger partial charge in [0.1, 0.15) is 5.58 Å². The molecule has 0 unspecified atom stereocenters. The number of benzene rings is 2. The molecule has 3 nitrogen and oxygen atoms in total. The number of hydrogen-bond acceptors (Lipinski definition) is 3. The van der Waals surface area contributed by atoms with Gasteiger partial charge in [0, 0.05) is 16.3 Å². The maximum Gasteiger partial charge on any atom is 0.338 e. The topological polar surface area (TPSA) is 39.4 Å². The molecule has 3 rings (SSSR count). The molecule has 0 fully saturated rings. The monoisotopic (exact) mass is 344 g/mol. The van der Waals surface area contributed by atoms with Gasteiger partial charge in [0.15, 0.2) is 0 Å². The first-order valence-electron chi connectivity index (χ1n) is 6.48. The van der Waals surface area contributed by atoms with E-state index in [1.165, 1.54) is 7.11 Å². The van der Waals surface area contributed by atoms with Gasteiger partial charge in [-0.25, -0.2) is 4.79 Å². The van der Waals surface area contributed by atoms with Crippen LogP contribution in [0.4, 0.5) is 0 Å². The fraction of sp³-hybridized carbons (Fsp3) is 0.118. The fourth-order valence-electron chi connectivity index (χ4n) is 2.36. The number of halogens is 1. The van der Waals surface area contributed by atoms with E-state index in [1.807, 2.05) is 42.5 Å². The number of alkyl halides is 1. The van der Waals surface area contributed by atoms with Crippen molar-refractivity contribution in [2.24, 2.45) is 0 Å². The molecule has 0 radical (unpaired) electrons. The molecule has 0 N–H and O–H groups in total. The predicted molar refractivity (Wildman–Crippen MR) is 85.6 cm³/mol. The summed E-state index contributed by atoms with van der Waals surface area (Å²) in [6.07, 6.45) is 1.72. The van der Waals surface area contributed by atoms with Crippen LogP contribution in [0.25, 0.3) is 22.1 Å². The van der Waals surface area contributed by atoms with Gasteiger partial charge >= 0.3 is 5.97 Å². The van der Waals surface area contributed by atoms with Crippen LogP contribution in [0.1, 0.15) is 15.9 Å². The molecule has 0 aliphatic heterocycles. The van der Waals surface area contributed by atoms with E-state index < -0.39 is 0 Å². The van der Waals surface area contributed by atoms with Crippen LogP contribution >= 0.6 is 15.9 Å². The lowest BCUT2D eigenvalue weighted by Gasteiger charge is -2.08. The van der Waals surface area contributed by atoms with Crippen molar-refractivity contribution in [2.75, 3.05) is 7.11 Å². The molecule has 0 aliphatic rings. The van der Waals surface area contributed by atoms with Crippen LogP contribution in [-0.2, 0) is 10.1 Å². The average molecular weight is 345 g/mol. The van der Waals surface area contributed by atoms with Gasteiger partial charge in [0.25, 0.3) is 0 Å². The Morgan fingerprint density at radius 1 is 1.24 bits per heavy atom. The summed E-state index contributed by atoms with van der Waals surface area (Å²) < 4.78 is 10.4. The van der Waals surface area contributed by atoms with Crippen molar-refractivity contribution in [1.29, 1.82) is 0 Å². The SMILES string of the molecule is COC(=O)c1cc(-c2coc3ccccc23)ccc1CBr. The highest BCUT2D eigenvalue weighted by Gasteiger charge is 2.14. The lowest BCUT2D eigenvalue weighted by atomic mass is 9.99. The molecule has 1 heterocycles. The Balaban J connectivity index is 2.17. The third-order valence-corrected chi connectivity index (χ3v) is 4.06. The normalized spacial score (nSPS) is 10.8. The van der Waals surface area contributed by atoms with Gasteiger partial charge in [-0.2, -0.15) is 0 Å². The number of rotatable bonds is 3. The molecule has 0 spiro atoms. The highest BCUT2D eigenvalue weighted by atomic mass is 79.9. The largest absolute Gasteiger partial charge is 0.465 e. The van der Waals surface area contributed by atoms with Crippen LogP contribution in [0.2, 0.25) is 0 Å². The Bertz CT molecular complexity index is 805. The molecule has 0 saturated carbocycles. The van der Waals surface area contributed by atoms with Crippen LogP contribution in [0.15, 0.2) is 53.1 Å². The van der Waals surface area contributed by atoms with Crippen LogP contribution < -0.4 is 0 Å². The summed E-state index contributed by atoms with van der Waals surface area (Å²) in [5.41, 5.74) is 4.20. The Labute approximate surface area is 130 Å². The number of carbonyl (C=O) groups excluding carboxylic acids is 1. The molecule has 21 heavy (non-hydrogen) atoms. The van der Waals surface area contributed by atoms with Gasteiger partial charge in [-0.3, -0.25) is 0 Å². The Kier molecular flexibility index (Phi) is 3.80. The predicted octanol–water partition coefficient (Wildman–Crippen LogP) is 4.78. The van der Waals surface area contributed by atoms with E-state index in [1.54, 1.807) is 6.26 Å². The number of furan rings is 1. The second-order valence-electron chi connectivity index (χ2n) is 4.64. The molecule has 4 heteroatoms. The van der Waals surface area contributed by atoms with Gasteiger partial charge in [-0.05, 0) is 23.3 Å². The van der Waals surface area contributed by atoms with Crippen molar-refractivity contribution in [3.05, 3.63) is 59.9 Å². The average Bonchev–Trinajstić information content (AvgIpc) is 2.97. The highest BCUT2D eigenvalue weighted by Crippen LogP contribution is 2.32. The van der Waals surface area contributed by atoms with E-state index in [2.05, 4.69) is 15.9 Å². The number of hydrogen-bond donors (Lipinski definition) is 0. The molecule has 0 atom stereocenters. The highest BCUT2D eigenvalue weighted by molar-refractivity contribution is 9.08. The molecular weight excluding hydrogens is 332 g/mol. The Hall–Kier alpha value is -2.07. The third kappa shape index (κ3) is 2.47. The first-order chi connectivity index (χ1) is 10.2. The lowest BCUT2D eigenvalue weighted by Crippen LogP contribution is -2.05. The minimum Gasteiger partial charge on any atom is -0.465 e. The van der Waals surface area contributed by atoms with E-state index in [9.17, 15) is 4.79 Å². The van der Waals surface area contributed by atoms with Crippen molar-refractivity contribution in [2.45, 2.75) is 5.33 Å². The summed E-state index contributed by atoms with van der Waals surface area (Å²) in [6.45, 7) is 0. The van der Waals surface area contributed by atoms with Gasteiger partial charge < -0.3 is 9.15 Å². The molecular formula is C17H13BrO3. The van der Waals surface area contributed by atoms with E-state index in [-0.39, 0.29) is 5.97 Å². The number of methoxy groups -OCH3 is 1. The summed E-state index contributed by atoms with van der Waals surface area (Å²) in [5.74, 6) is -0.334. The molecule has 0 bridgehead atoms. The molecule has 0 amide bonds. The molecule has 1 aromatic heterocycles. The van der Waals surface area contributed by atoms with Gasteiger partial charge in [-0.15, -0.1) is 0 Å². The van der Waals surface area contributed by atoms with Crippen molar-refractivity contribution in [1.82, 2.24) is 0 Å². The summed E-state index contributed by atoms with van der Waals surface area (Å²) in [4.78, 5) is 11.9. The summed E-state index contributed by atoms with van der Waals surface area (Å²) in [6, 6.07) is 13.6.